The van der Waals surface area contributed by atoms with E-state index >= 15 is 0 Å². The fourth-order valence-electron chi connectivity index (χ4n) is 3.36. The highest BCUT2D eigenvalue weighted by atomic mass is 16.5. The topological polar surface area (TPSA) is 63.2 Å². The van der Waals surface area contributed by atoms with E-state index in [1.165, 1.54) is 25.7 Å². The molecule has 1 amide bonds. The average molecular weight is 353 g/mol. The van der Waals surface area contributed by atoms with Gasteiger partial charge in [0.2, 0.25) is 0 Å². The Hall–Kier alpha value is -2.40. The Balaban J connectivity index is 1.64. The molecular weight excluding hydrogens is 326 g/mol. The van der Waals surface area contributed by atoms with Gasteiger partial charge >= 0.3 is 0 Å². The predicted octanol–water partition coefficient (Wildman–Crippen LogP) is 3.73. The highest BCUT2D eigenvalue weighted by Crippen LogP contribution is 2.24. The van der Waals surface area contributed by atoms with Gasteiger partial charge in [-0.1, -0.05) is 43.2 Å². The fourth-order valence-corrected chi connectivity index (χ4v) is 3.36. The van der Waals surface area contributed by atoms with Crippen molar-refractivity contribution in [3.8, 4) is 0 Å². The second-order valence-electron chi connectivity index (χ2n) is 7.04. The molecule has 2 aromatic rings. The molecule has 1 saturated carbocycles. The first-order valence-electron chi connectivity index (χ1n) is 9.22. The lowest BCUT2D eigenvalue weighted by atomic mass is 9.95. The Morgan fingerprint density at radius 2 is 1.96 bits per heavy atom. The number of nitrogens with one attached hydrogen (secondary N) is 2. The Labute approximate surface area is 155 Å². The van der Waals surface area contributed by atoms with E-state index in [9.17, 15) is 4.79 Å². The largest absolute Gasteiger partial charge is 0.372 e. The average Bonchev–Trinajstić information content (AvgIpc) is 3.19. The lowest BCUT2D eigenvalue weighted by molar-refractivity contribution is 0.00315. The third-order valence-corrected chi connectivity index (χ3v) is 5.15. The number of hydrogen-bond acceptors (Lipinski definition) is 4. The van der Waals surface area contributed by atoms with Crippen molar-refractivity contribution in [1.29, 1.82) is 0 Å². The van der Waals surface area contributed by atoms with Crippen LogP contribution in [0.4, 0.5) is 5.82 Å². The van der Waals surface area contributed by atoms with Gasteiger partial charge < -0.3 is 15.4 Å². The molecule has 1 aliphatic rings. The standard InChI is InChI=1S/C21H27N3O2/c1-21(26-2,17-8-4-3-5-9-17)15-23-20(25)16-12-13-22-19(14-16)24-18-10-6-7-11-18/h3-5,8-9,12-14,18H,6-7,10-11,15H2,1-2H3,(H,22,24)(H,23,25). The molecule has 5 heteroatoms. The summed E-state index contributed by atoms with van der Waals surface area (Å²) in [5.74, 6) is 0.642. The molecule has 0 saturated heterocycles. The monoisotopic (exact) mass is 353 g/mol. The zero-order valence-corrected chi connectivity index (χ0v) is 15.5. The summed E-state index contributed by atoms with van der Waals surface area (Å²) in [6.45, 7) is 2.36. The minimum atomic E-state index is -0.575. The Morgan fingerprint density at radius 3 is 2.65 bits per heavy atom. The minimum Gasteiger partial charge on any atom is -0.372 e. The Bertz CT molecular complexity index is 729. The van der Waals surface area contributed by atoms with E-state index < -0.39 is 5.60 Å². The van der Waals surface area contributed by atoms with E-state index in [1.807, 2.05) is 43.3 Å². The van der Waals surface area contributed by atoms with Crippen molar-refractivity contribution in [2.75, 3.05) is 19.0 Å². The smallest absolute Gasteiger partial charge is 0.251 e. The van der Waals surface area contributed by atoms with Crippen molar-refractivity contribution in [2.24, 2.45) is 0 Å². The maximum absolute atomic E-state index is 12.6. The van der Waals surface area contributed by atoms with Crippen LogP contribution in [-0.4, -0.2) is 30.6 Å². The minimum absolute atomic E-state index is 0.124. The lowest BCUT2D eigenvalue weighted by Crippen LogP contribution is -2.40. The van der Waals surface area contributed by atoms with Gasteiger partial charge in [0.15, 0.2) is 0 Å². The van der Waals surface area contributed by atoms with Gasteiger partial charge in [-0.3, -0.25) is 4.79 Å². The third-order valence-electron chi connectivity index (χ3n) is 5.15. The molecule has 138 valence electrons. The van der Waals surface area contributed by atoms with Gasteiger partial charge in [0.1, 0.15) is 11.4 Å². The van der Waals surface area contributed by atoms with E-state index in [0.29, 0.717) is 18.2 Å². The molecule has 2 N–H and O–H groups in total. The lowest BCUT2D eigenvalue weighted by Gasteiger charge is -2.29. The van der Waals surface area contributed by atoms with E-state index in [0.717, 1.165) is 11.4 Å². The number of hydrogen-bond donors (Lipinski definition) is 2. The van der Waals surface area contributed by atoms with E-state index in [4.69, 9.17) is 4.74 Å². The van der Waals surface area contributed by atoms with Crippen molar-refractivity contribution in [3.63, 3.8) is 0 Å². The summed E-state index contributed by atoms with van der Waals surface area (Å²) in [4.78, 5) is 16.9. The summed E-state index contributed by atoms with van der Waals surface area (Å²) in [5, 5.41) is 6.42. The molecule has 1 unspecified atom stereocenters. The molecule has 3 rings (SSSR count). The van der Waals surface area contributed by atoms with Crippen LogP contribution in [0, 0.1) is 0 Å². The van der Waals surface area contributed by atoms with Crippen LogP contribution in [-0.2, 0) is 10.3 Å². The molecular formula is C21H27N3O2. The SMILES string of the molecule is COC(C)(CNC(=O)c1ccnc(NC2CCCC2)c1)c1ccccc1. The molecule has 0 spiro atoms. The number of pyridine rings is 1. The maximum Gasteiger partial charge on any atom is 0.251 e. The summed E-state index contributed by atoms with van der Waals surface area (Å²) >= 11 is 0. The number of anilines is 1. The van der Waals surface area contributed by atoms with Crippen LogP contribution < -0.4 is 10.6 Å². The summed E-state index contributed by atoms with van der Waals surface area (Å²) in [6, 6.07) is 13.9. The van der Waals surface area contributed by atoms with Crippen molar-refractivity contribution >= 4 is 11.7 Å². The first-order chi connectivity index (χ1) is 12.6. The molecule has 1 aromatic carbocycles. The zero-order valence-electron chi connectivity index (χ0n) is 15.5. The first kappa shape index (κ1) is 18.4. The second-order valence-corrected chi connectivity index (χ2v) is 7.04. The fraction of sp³-hybridized carbons (Fsp3) is 0.429. The molecule has 0 bridgehead atoms. The van der Waals surface area contributed by atoms with Gasteiger partial charge in [0, 0.05) is 24.9 Å². The number of rotatable bonds is 7. The van der Waals surface area contributed by atoms with Crippen LogP contribution in [0.5, 0.6) is 0 Å². The number of carbonyl (C=O) groups excluding carboxylic acids is 1. The summed E-state index contributed by atoms with van der Waals surface area (Å²) < 4.78 is 5.68. The molecule has 5 nitrogen and oxygen atoms in total. The Morgan fingerprint density at radius 1 is 1.23 bits per heavy atom. The van der Waals surface area contributed by atoms with Crippen molar-refractivity contribution in [1.82, 2.24) is 10.3 Å². The molecule has 1 heterocycles. The van der Waals surface area contributed by atoms with Gasteiger partial charge in [-0.15, -0.1) is 0 Å². The quantitative estimate of drug-likeness (QED) is 0.796. The highest BCUT2D eigenvalue weighted by Gasteiger charge is 2.27. The van der Waals surface area contributed by atoms with Crippen LogP contribution in [0.15, 0.2) is 48.7 Å². The number of amides is 1. The number of methoxy groups -OCH3 is 1. The van der Waals surface area contributed by atoms with Crippen LogP contribution in [0.1, 0.15) is 48.5 Å². The van der Waals surface area contributed by atoms with Gasteiger partial charge in [-0.2, -0.15) is 0 Å². The number of carbonyl (C=O) groups is 1. The molecule has 1 atom stereocenters. The van der Waals surface area contributed by atoms with Gasteiger partial charge in [-0.05, 0) is 37.5 Å². The van der Waals surface area contributed by atoms with Crippen LogP contribution >= 0.6 is 0 Å². The van der Waals surface area contributed by atoms with Gasteiger partial charge in [0.25, 0.3) is 5.91 Å². The van der Waals surface area contributed by atoms with Gasteiger partial charge in [0.05, 0.1) is 6.54 Å². The number of benzene rings is 1. The molecule has 1 aliphatic carbocycles. The van der Waals surface area contributed by atoms with Crippen molar-refractivity contribution in [3.05, 3.63) is 59.8 Å². The molecule has 0 aliphatic heterocycles. The van der Waals surface area contributed by atoms with Gasteiger partial charge in [-0.25, -0.2) is 4.98 Å². The van der Waals surface area contributed by atoms with Crippen molar-refractivity contribution < 1.29 is 9.53 Å². The van der Waals surface area contributed by atoms with E-state index in [1.54, 1.807) is 19.4 Å². The van der Waals surface area contributed by atoms with Crippen LogP contribution in [0.3, 0.4) is 0 Å². The number of aromatic nitrogens is 1. The predicted molar refractivity (Wildman–Crippen MR) is 103 cm³/mol. The van der Waals surface area contributed by atoms with E-state index in [-0.39, 0.29) is 5.91 Å². The highest BCUT2D eigenvalue weighted by molar-refractivity contribution is 5.94. The van der Waals surface area contributed by atoms with Crippen LogP contribution in [0.25, 0.3) is 0 Å². The number of nitrogens with zero attached hydrogens (tertiary/aromatic N) is 1. The molecule has 1 aromatic heterocycles. The second kappa shape index (κ2) is 8.32. The van der Waals surface area contributed by atoms with Crippen LogP contribution in [0.2, 0.25) is 0 Å². The zero-order chi connectivity index (χ0) is 18.4. The number of ether oxygens (including phenoxy) is 1. The molecule has 26 heavy (non-hydrogen) atoms. The van der Waals surface area contributed by atoms with E-state index in [2.05, 4.69) is 15.6 Å². The molecule has 0 radical (unpaired) electrons. The summed E-state index contributed by atoms with van der Waals surface area (Å²) in [5.41, 5.74) is 1.06. The third kappa shape index (κ3) is 4.41. The maximum atomic E-state index is 12.6. The molecule has 1 fully saturated rings. The normalized spacial score (nSPS) is 16.8. The summed E-state index contributed by atoms with van der Waals surface area (Å²) in [7, 11) is 1.66. The first-order valence-corrected chi connectivity index (χ1v) is 9.22. The Kier molecular flexibility index (Phi) is 5.89. The summed E-state index contributed by atoms with van der Waals surface area (Å²) in [6.07, 6.45) is 6.53. The van der Waals surface area contributed by atoms with Crippen molar-refractivity contribution in [2.45, 2.75) is 44.2 Å².